The number of rotatable bonds is 7. The number of hydrogen-bond acceptors (Lipinski definition) is 3. The molecule has 1 aromatic carbocycles. The highest BCUT2D eigenvalue weighted by Gasteiger charge is 2.09. The van der Waals surface area contributed by atoms with Crippen LogP contribution in [0.1, 0.15) is 11.3 Å². The minimum atomic E-state index is -0.738. The third-order valence-corrected chi connectivity index (χ3v) is 2.98. The van der Waals surface area contributed by atoms with E-state index in [1.165, 1.54) is 0 Å². The van der Waals surface area contributed by atoms with Crippen molar-refractivity contribution in [2.75, 3.05) is 13.2 Å². The Labute approximate surface area is 124 Å². The Hall–Kier alpha value is -2.27. The number of H-pyrrole nitrogens is 1. The highest BCUT2D eigenvalue weighted by molar-refractivity contribution is 5.78. The fourth-order valence-electron chi connectivity index (χ4n) is 1.90. The topological polar surface area (TPSA) is 74.3 Å². The van der Waals surface area contributed by atoms with E-state index in [2.05, 4.69) is 10.3 Å². The quantitative estimate of drug-likeness (QED) is 0.721. The van der Waals surface area contributed by atoms with Crippen LogP contribution in [0.5, 0.6) is 5.75 Å². The molecule has 3 N–H and O–H groups in total. The summed E-state index contributed by atoms with van der Waals surface area (Å²) in [5, 5.41) is 12.5. The van der Waals surface area contributed by atoms with Crippen molar-refractivity contribution in [3.8, 4) is 5.75 Å². The third-order valence-electron chi connectivity index (χ3n) is 2.98. The van der Waals surface area contributed by atoms with Gasteiger partial charge in [-0.2, -0.15) is 0 Å². The number of aromatic amines is 1. The maximum Gasteiger partial charge on any atom is 0.226 e. The molecule has 0 aliphatic rings. The molecule has 5 nitrogen and oxygen atoms in total. The second-order valence-corrected chi connectivity index (χ2v) is 4.96. The van der Waals surface area contributed by atoms with Crippen molar-refractivity contribution in [1.29, 1.82) is 0 Å². The smallest absolute Gasteiger partial charge is 0.226 e. The minimum Gasteiger partial charge on any atom is -0.491 e. The van der Waals surface area contributed by atoms with Crippen LogP contribution in [0.2, 0.25) is 0 Å². The maximum atomic E-state index is 11.7. The lowest BCUT2D eigenvalue weighted by molar-refractivity contribution is -0.121. The molecule has 0 aliphatic carbocycles. The summed E-state index contributed by atoms with van der Waals surface area (Å²) in [4.78, 5) is 14.6. The van der Waals surface area contributed by atoms with Gasteiger partial charge >= 0.3 is 0 Å². The van der Waals surface area contributed by atoms with Gasteiger partial charge in [0.1, 0.15) is 18.5 Å². The van der Waals surface area contributed by atoms with Crippen molar-refractivity contribution < 1.29 is 14.6 Å². The molecule has 1 heterocycles. The number of nitrogens with one attached hydrogen (secondary N) is 2. The summed E-state index contributed by atoms with van der Waals surface area (Å²) in [6.45, 7) is 2.29. The lowest BCUT2D eigenvalue weighted by atomic mass is 10.2. The van der Waals surface area contributed by atoms with Gasteiger partial charge in [0.15, 0.2) is 0 Å². The van der Waals surface area contributed by atoms with Crippen molar-refractivity contribution in [1.82, 2.24) is 10.3 Å². The predicted molar refractivity (Wildman–Crippen MR) is 80.2 cm³/mol. The van der Waals surface area contributed by atoms with Crippen LogP contribution < -0.4 is 10.1 Å². The largest absolute Gasteiger partial charge is 0.491 e. The van der Waals surface area contributed by atoms with E-state index in [1.807, 2.05) is 43.3 Å². The zero-order valence-electron chi connectivity index (χ0n) is 12.0. The number of carbonyl (C=O) groups is 1. The van der Waals surface area contributed by atoms with Crippen molar-refractivity contribution in [2.45, 2.75) is 19.4 Å². The van der Waals surface area contributed by atoms with Crippen molar-refractivity contribution >= 4 is 5.91 Å². The standard InChI is InChI=1S/C16H20N2O3/c1-12-4-2-6-15(8-12)21-11-14(19)10-18-16(20)9-13-5-3-7-17-13/h2-8,14,17,19H,9-11H2,1H3,(H,18,20). The Morgan fingerprint density at radius 3 is 2.95 bits per heavy atom. The molecular formula is C16H20N2O3. The van der Waals surface area contributed by atoms with Crippen LogP contribution in [0.15, 0.2) is 42.6 Å². The van der Waals surface area contributed by atoms with Gasteiger partial charge in [-0.25, -0.2) is 0 Å². The van der Waals surface area contributed by atoms with Gasteiger partial charge in [0.25, 0.3) is 0 Å². The van der Waals surface area contributed by atoms with Crippen LogP contribution in [0.25, 0.3) is 0 Å². The number of aromatic nitrogens is 1. The summed E-state index contributed by atoms with van der Waals surface area (Å²) in [5.41, 5.74) is 1.94. The SMILES string of the molecule is Cc1cccc(OCC(O)CNC(=O)Cc2ccc[nH]2)c1. The molecule has 1 atom stereocenters. The molecule has 112 valence electrons. The van der Waals surface area contributed by atoms with E-state index < -0.39 is 6.10 Å². The van der Waals surface area contributed by atoms with E-state index >= 15 is 0 Å². The maximum absolute atomic E-state index is 11.7. The van der Waals surface area contributed by atoms with Gasteiger partial charge in [0.05, 0.1) is 6.42 Å². The van der Waals surface area contributed by atoms with Gasteiger partial charge in [0.2, 0.25) is 5.91 Å². The molecule has 21 heavy (non-hydrogen) atoms. The summed E-state index contributed by atoms with van der Waals surface area (Å²) >= 11 is 0. The zero-order valence-corrected chi connectivity index (χ0v) is 12.0. The van der Waals surface area contributed by atoms with Crippen molar-refractivity contribution in [2.24, 2.45) is 0 Å². The van der Waals surface area contributed by atoms with Crippen LogP contribution in [0.3, 0.4) is 0 Å². The average molecular weight is 288 g/mol. The third kappa shape index (κ3) is 5.31. The first kappa shape index (κ1) is 15.1. The number of benzene rings is 1. The van der Waals surface area contributed by atoms with Crippen LogP contribution >= 0.6 is 0 Å². The molecule has 1 unspecified atom stereocenters. The molecule has 1 amide bonds. The molecule has 0 spiro atoms. The molecule has 2 rings (SSSR count). The summed E-state index contributed by atoms with van der Waals surface area (Å²) in [6.07, 6.45) is 1.31. The normalized spacial score (nSPS) is 11.9. The Morgan fingerprint density at radius 1 is 1.38 bits per heavy atom. The second-order valence-electron chi connectivity index (χ2n) is 4.96. The highest BCUT2D eigenvalue weighted by atomic mass is 16.5. The first-order valence-electron chi connectivity index (χ1n) is 6.90. The molecule has 0 saturated carbocycles. The van der Waals surface area contributed by atoms with E-state index in [0.29, 0.717) is 5.75 Å². The molecule has 0 radical (unpaired) electrons. The molecule has 2 aromatic rings. The van der Waals surface area contributed by atoms with Gasteiger partial charge in [-0.05, 0) is 36.8 Å². The second kappa shape index (κ2) is 7.50. The lowest BCUT2D eigenvalue weighted by Crippen LogP contribution is -2.36. The zero-order chi connectivity index (χ0) is 15.1. The Morgan fingerprint density at radius 2 is 2.24 bits per heavy atom. The van der Waals surface area contributed by atoms with Crippen molar-refractivity contribution in [3.63, 3.8) is 0 Å². The number of amides is 1. The molecule has 0 saturated heterocycles. The number of aryl methyl sites for hydroxylation is 1. The van der Waals surface area contributed by atoms with Crippen LogP contribution in [-0.4, -0.2) is 35.3 Å². The van der Waals surface area contributed by atoms with Gasteiger partial charge in [-0.3, -0.25) is 4.79 Å². The summed E-state index contributed by atoms with van der Waals surface area (Å²) in [5.74, 6) is 0.582. The predicted octanol–water partition coefficient (Wildman–Crippen LogP) is 1.42. The van der Waals surface area contributed by atoms with E-state index in [4.69, 9.17) is 4.74 Å². The van der Waals surface area contributed by atoms with Crippen LogP contribution in [0.4, 0.5) is 0 Å². The number of hydrogen-bond donors (Lipinski definition) is 3. The van der Waals surface area contributed by atoms with Crippen LogP contribution in [-0.2, 0) is 11.2 Å². The number of carbonyl (C=O) groups excluding carboxylic acids is 1. The van der Waals surface area contributed by atoms with Gasteiger partial charge in [-0.1, -0.05) is 12.1 Å². The van der Waals surface area contributed by atoms with Gasteiger partial charge in [-0.15, -0.1) is 0 Å². The Kier molecular flexibility index (Phi) is 5.40. The Balaban J connectivity index is 1.67. The molecule has 0 bridgehead atoms. The fourth-order valence-corrected chi connectivity index (χ4v) is 1.90. The van der Waals surface area contributed by atoms with Crippen LogP contribution in [0, 0.1) is 6.92 Å². The summed E-state index contributed by atoms with van der Waals surface area (Å²) < 4.78 is 5.48. The van der Waals surface area contributed by atoms with E-state index in [9.17, 15) is 9.90 Å². The number of aliphatic hydroxyl groups excluding tert-OH is 1. The van der Waals surface area contributed by atoms with E-state index in [-0.39, 0.29) is 25.5 Å². The molecule has 0 aliphatic heterocycles. The molecular weight excluding hydrogens is 268 g/mol. The fraction of sp³-hybridized carbons (Fsp3) is 0.312. The summed E-state index contributed by atoms with van der Waals surface area (Å²) in [6, 6.07) is 11.3. The van der Waals surface area contributed by atoms with Crippen molar-refractivity contribution in [3.05, 3.63) is 53.9 Å². The summed E-state index contributed by atoms with van der Waals surface area (Å²) in [7, 11) is 0. The highest BCUT2D eigenvalue weighted by Crippen LogP contribution is 2.12. The van der Waals surface area contributed by atoms with Gasteiger partial charge < -0.3 is 20.1 Å². The number of aliphatic hydroxyl groups is 1. The number of ether oxygens (including phenoxy) is 1. The van der Waals surface area contributed by atoms with E-state index in [0.717, 1.165) is 11.3 Å². The average Bonchev–Trinajstić information content (AvgIpc) is 2.96. The van der Waals surface area contributed by atoms with Gasteiger partial charge in [0, 0.05) is 18.4 Å². The van der Waals surface area contributed by atoms with E-state index in [1.54, 1.807) is 6.20 Å². The molecule has 1 aromatic heterocycles. The lowest BCUT2D eigenvalue weighted by Gasteiger charge is -2.13. The molecule has 0 fully saturated rings. The Bertz CT molecular complexity index is 567. The minimum absolute atomic E-state index is 0.132. The molecule has 5 heteroatoms. The monoisotopic (exact) mass is 288 g/mol. The first-order valence-corrected chi connectivity index (χ1v) is 6.90. The first-order chi connectivity index (χ1) is 10.1.